The number of ether oxygens (including phenoxy) is 2. The van der Waals surface area contributed by atoms with Gasteiger partial charge in [0.1, 0.15) is 52.1 Å². The molecule has 0 spiro atoms. The van der Waals surface area contributed by atoms with Gasteiger partial charge in [-0.25, -0.2) is 18.7 Å². The van der Waals surface area contributed by atoms with Crippen LogP contribution in [-0.2, 0) is 15.7 Å². The third-order valence-corrected chi connectivity index (χ3v) is 7.66. The molecule has 208 valence electrons. The quantitative estimate of drug-likeness (QED) is 0.314. The van der Waals surface area contributed by atoms with Crippen molar-refractivity contribution in [1.29, 1.82) is 0 Å². The fraction of sp³-hybridized carbons (Fsp3) is 0.364. The number of hydrogen-bond acceptors (Lipinski definition) is 9. The minimum atomic E-state index is -4.94. The molecule has 0 aliphatic carbocycles. The van der Waals surface area contributed by atoms with Gasteiger partial charge in [0.15, 0.2) is 0 Å². The van der Waals surface area contributed by atoms with E-state index < -0.39 is 65.3 Å². The largest absolute Gasteiger partial charge is 0.418 e. The topological polar surface area (TPSA) is 120 Å². The first-order valence-corrected chi connectivity index (χ1v) is 12.8. The van der Waals surface area contributed by atoms with E-state index in [0.717, 1.165) is 10.7 Å². The summed E-state index contributed by atoms with van der Waals surface area (Å²) < 4.78 is 69.4. The van der Waals surface area contributed by atoms with E-state index in [1.807, 2.05) is 0 Å². The van der Waals surface area contributed by atoms with Crippen LogP contribution in [0.1, 0.15) is 23.4 Å². The minimum Gasteiger partial charge on any atom is -0.394 e. The minimum absolute atomic E-state index is 0.0532. The summed E-state index contributed by atoms with van der Waals surface area (Å²) >= 11 is 13.0. The number of aliphatic hydroxyl groups excluding tert-OH is 2. The molecule has 1 saturated heterocycles. The Labute approximate surface area is 231 Å². The highest BCUT2D eigenvalue weighted by atomic mass is 35.5. The second-order valence-corrected chi connectivity index (χ2v) is 10.1. The van der Waals surface area contributed by atoms with E-state index >= 15 is 0 Å². The lowest BCUT2D eigenvalue weighted by atomic mass is 9.90. The molecule has 4 aromatic rings. The SMILES string of the molecule is COC1[C@@H](n2cc(-c3nc(Cl)cs3)nn2)[C@@H](O)C(CO)O[C@H]1c1ccnn1-c1cc(Cl)c(F)cc1C(F)(F)F. The lowest BCUT2D eigenvalue weighted by Gasteiger charge is -2.43. The van der Waals surface area contributed by atoms with E-state index in [9.17, 15) is 27.8 Å². The summed E-state index contributed by atoms with van der Waals surface area (Å²) in [4.78, 5) is 4.14. The number of aromatic nitrogens is 6. The fourth-order valence-corrected chi connectivity index (χ4v) is 5.51. The summed E-state index contributed by atoms with van der Waals surface area (Å²) in [7, 11) is 1.31. The van der Waals surface area contributed by atoms with Crippen LogP contribution in [0, 0.1) is 5.82 Å². The number of aliphatic hydroxyl groups is 2. The van der Waals surface area contributed by atoms with Crippen LogP contribution in [0.25, 0.3) is 16.4 Å². The molecule has 1 aliphatic rings. The van der Waals surface area contributed by atoms with E-state index in [1.54, 1.807) is 5.38 Å². The average Bonchev–Trinajstić information content (AvgIpc) is 3.65. The van der Waals surface area contributed by atoms with Crippen LogP contribution in [-0.4, -0.2) is 72.0 Å². The highest BCUT2D eigenvalue weighted by Crippen LogP contribution is 2.42. The van der Waals surface area contributed by atoms with Crippen molar-refractivity contribution in [2.24, 2.45) is 0 Å². The van der Waals surface area contributed by atoms with E-state index in [1.165, 1.54) is 41.6 Å². The normalized spacial score (nSPS) is 23.9. The van der Waals surface area contributed by atoms with Gasteiger partial charge in [-0.05, 0) is 18.2 Å². The Kier molecular flexibility index (Phi) is 7.67. The Balaban J connectivity index is 1.60. The Bertz CT molecular complexity index is 1480. The Morgan fingerprint density at radius 3 is 2.67 bits per heavy atom. The van der Waals surface area contributed by atoms with Crippen LogP contribution >= 0.6 is 34.5 Å². The zero-order valence-electron chi connectivity index (χ0n) is 19.6. The number of nitrogens with zero attached hydrogens (tertiary/aromatic N) is 6. The van der Waals surface area contributed by atoms with Crippen molar-refractivity contribution in [2.75, 3.05) is 13.7 Å². The van der Waals surface area contributed by atoms with Crippen molar-refractivity contribution in [3.8, 4) is 16.4 Å². The smallest absolute Gasteiger partial charge is 0.394 e. The lowest BCUT2D eigenvalue weighted by molar-refractivity contribution is -0.216. The molecular formula is C22H18Cl2F4N6O4S. The van der Waals surface area contributed by atoms with Gasteiger partial charge in [0.05, 0.1) is 34.8 Å². The Morgan fingerprint density at radius 1 is 1.26 bits per heavy atom. The summed E-state index contributed by atoms with van der Waals surface area (Å²) in [5.41, 5.74) is -1.48. The lowest BCUT2D eigenvalue weighted by Crippen LogP contribution is -2.53. The molecule has 2 N–H and O–H groups in total. The summed E-state index contributed by atoms with van der Waals surface area (Å²) in [5, 5.41) is 35.0. The van der Waals surface area contributed by atoms with E-state index in [4.69, 9.17) is 32.7 Å². The predicted molar refractivity (Wildman–Crippen MR) is 130 cm³/mol. The summed E-state index contributed by atoms with van der Waals surface area (Å²) in [6.45, 7) is -0.640. The van der Waals surface area contributed by atoms with Gasteiger partial charge in [0.25, 0.3) is 0 Å². The molecule has 0 amide bonds. The number of rotatable bonds is 6. The fourth-order valence-electron chi connectivity index (χ4n) is 4.46. The van der Waals surface area contributed by atoms with Crippen LogP contribution in [0.3, 0.4) is 0 Å². The first kappa shape index (κ1) is 27.9. The van der Waals surface area contributed by atoms with Gasteiger partial charge in [-0.15, -0.1) is 16.4 Å². The molecule has 3 aromatic heterocycles. The molecule has 0 bridgehead atoms. The standard InChI is InChI=1S/C22H18Cl2F4N6O4S/c1-37-20-17(33-6-12(31-32-33)21-30-16(24)8-39-21)18(36)15(7-35)38-19(20)13-2-3-29-34(13)14-5-10(23)11(25)4-9(14)22(26,27)28/h2-6,8,15,17-20,35-36H,7H2,1H3/t15?,17-,18-,19-,20?/m0/s1. The molecule has 1 fully saturated rings. The zero-order chi connectivity index (χ0) is 28.1. The second-order valence-electron chi connectivity index (χ2n) is 8.47. The van der Waals surface area contributed by atoms with Crippen molar-refractivity contribution in [3.63, 3.8) is 0 Å². The Morgan fingerprint density at radius 2 is 2.03 bits per heavy atom. The van der Waals surface area contributed by atoms with Crippen molar-refractivity contribution in [1.82, 2.24) is 29.8 Å². The number of alkyl halides is 3. The van der Waals surface area contributed by atoms with Crippen LogP contribution in [0.5, 0.6) is 0 Å². The van der Waals surface area contributed by atoms with Crippen LogP contribution in [0.4, 0.5) is 17.6 Å². The molecule has 5 atom stereocenters. The molecule has 0 radical (unpaired) electrons. The van der Waals surface area contributed by atoms with Gasteiger partial charge in [-0.3, -0.25) is 0 Å². The summed E-state index contributed by atoms with van der Waals surface area (Å²) in [6, 6.07) is 1.44. The predicted octanol–water partition coefficient (Wildman–Crippen LogP) is 4.10. The molecule has 4 heterocycles. The third-order valence-electron chi connectivity index (χ3n) is 6.19. The highest BCUT2D eigenvalue weighted by Gasteiger charge is 2.49. The molecule has 17 heteroatoms. The second kappa shape index (κ2) is 10.7. The van der Waals surface area contributed by atoms with Gasteiger partial charge in [-0.2, -0.15) is 18.3 Å². The van der Waals surface area contributed by atoms with Crippen molar-refractivity contribution in [3.05, 3.63) is 63.2 Å². The average molecular weight is 609 g/mol. The number of halogens is 6. The maximum absolute atomic E-state index is 14.0. The first-order valence-electron chi connectivity index (χ1n) is 11.1. The van der Waals surface area contributed by atoms with E-state index in [2.05, 4.69) is 20.4 Å². The number of benzene rings is 1. The molecule has 2 unspecified atom stereocenters. The number of methoxy groups -OCH3 is 1. The van der Waals surface area contributed by atoms with Gasteiger partial charge in [-0.1, -0.05) is 28.4 Å². The highest BCUT2D eigenvalue weighted by molar-refractivity contribution is 7.13. The van der Waals surface area contributed by atoms with Gasteiger partial charge in [0.2, 0.25) is 0 Å². The maximum atomic E-state index is 14.0. The molecular weight excluding hydrogens is 591 g/mol. The van der Waals surface area contributed by atoms with E-state index in [-0.39, 0.29) is 16.9 Å². The van der Waals surface area contributed by atoms with E-state index in [0.29, 0.717) is 10.7 Å². The number of thiazole rings is 1. The molecule has 0 saturated carbocycles. The van der Waals surface area contributed by atoms with Crippen LogP contribution in [0.15, 0.2) is 36.0 Å². The van der Waals surface area contributed by atoms with Crippen molar-refractivity contribution < 1.29 is 37.2 Å². The van der Waals surface area contributed by atoms with Crippen molar-refractivity contribution in [2.45, 2.75) is 36.6 Å². The molecule has 1 aromatic carbocycles. The molecule has 10 nitrogen and oxygen atoms in total. The first-order chi connectivity index (χ1) is 18.5. The third kappa shape index (κ3) is 5.15. The molecule has 39 heavy (non-hydrogen) atoms. The Hall–Kier alpha value is -2.66. The maximum Gasteiger partial charge on any atom is 0.418 e. The van der Waals surface area contributed by atoms with Crippen LogP contribution in [0.2, 0.25) is 10.2 Å². The van der Waals surface area contributed by atoms with Gasteiger partial charge < -0.3 is 19.7 Å². The van der Waals surface area contributed by atoms with Gasteiger partial charge >= 0.3 is 6.18 Å². The monoisotopic (exact) mass is 608 g/mol. The summed E-state index contributed by atoms with van der Waals surface area (Å²) in [5.74, 6) is -1.25. The molecule has 5 rings (SSSR count). The molecule has 1 aliphatic heterocycles. The zero-order valence-corrected chi connectivity index (χ0v) is 22.0. The van der Waals surface area contributed by atoms with Crippen molar-refractivity contribution >= 4 is 34.5 Å². The summed E-state index contributed by atoms with van der Waals surface area (Å²) in [6.07, 6.45) is -7.06. The van der Waals surface area contributed by atoms with Crippen LogP contribution < -0.4 is 0 Å². The number of hydrogen-bond donors (Lipinski definition) is 2. The van der Waals surface area contributed by atoms with Gasteiger partial charge in [0, 0.05) is 18.7 Å².